The first-order valence-corrected chi connectivity index (χ1v) is 6.85. The van der Waals surface area contributed by atoms with Gasteiger partial charge < -0.3 is 4.90 Å². The van der Waals surface area contributed by atoms with Crippen LogP contribution in [-0.4, -0.2) is 29.2 Å². The third-order valence-corrected chi connectivity index (χ3v) is 4.57. The van der Waals surface area contributed by atoms with Crippen LogP contribution in [0.4, 0.5) is 23.3 Å². The first-order chi connectivity index (χ1) is 9.11. The average molecular weight is 309 g/mol. The van der Waals surface area contributed by atoms with Gasteiger partial charge in [-0.2, -0.15) is 13.2 Å². The summed E-state index contributed by atoms with van der Waals surface area (Å²) in [6, 6.07) is 0. The molecule has 0 unspecified atom stereocenters. The zero-order valence-electron chi connectivity index (χ0n) is 11.0. The summed E-state index contributed by atoms with van der Waals surface area (Å²) in [4.78, 5) is 15.7. The van der Waals surface area contributed by atoms with E-state index in [1.54, 1.807) is 18.7 Å². The minimum Gasteiger partial charge on any atom is -0.347 e. The Balaban J connectivity index is 2.16. The molecule has 1 aliphatic rings. The summed E-state index contributed by atoms with van der Waals surface area (Å²) < 4.78 is 38.9. The van der Waals surface area contributed by atoms with E-state index in [1.165, 1.54) is 0 Å². The van der Waals surface area contributed by atoms with Crippen molar-refractivity contribution in [2.45, 2.75) is 26.4 Å². The lowest BCUT2D eigenvalue weighted by atomic mass is 9.73. The van der Waals surface area contributed by atoms with E-state index >= 15 is 0 Å². The smallest absolute Gasteiger partial charge is 0.347 e. The molecule has 0 radical (unpaired) electrons. The highest BCUT2D eigenvalue weighted by molar-refractivity contribution is 7.18. The van der Waals surface area contributed by atoms with E-state index in [2.05, 4.69) is 4.98 Å². The Bertz CT molecular complexity index is 515. The number of hydrogen-bond acceptors (Lipinski definition) is 5. The molecular formula is C11H14F3N3O2S. The van der Waals surface area contributed by atoms with Gasteiger partial charge in [0.2, 0.25) is 0 Å². The maximum atomic E-state index is 13.0. The second kappa shape index (κ2) is 4.87. The van der Waals surface area contributed by atoms with Gasteiger partial charge in [0, 0.05) is 13.1 Å². The Morgan fingerprint density at radius 3 is 2.65 bits per heavy atom. The fraction of sp³-hybridized carbons (Fsp3) is 0.727. The molecule has 0 saturated carbocycles. The van der Waals surface area contributed by atoms with Crippen LogP contribution in [0.1, 0.15) is 20.3 Å². The van der Waals surface area contributed by atoms with Crippen molar-refractivity contribution < 1.29 is 18.1 Å². The molecule has 0 amide bonds. The summed E-state index contributed by atoms with van der Waals surface area (Å²) in [5.41, 5.74) is -0.947. The molecule has 112 valence electrons. The van der Waals surface area contributed by atoms with Gasteiger partial charge in [0.25, 0.3) is 0 Å². The zero-order valence-corrected chi connectivity index (χ0v) is 11.8. The van der Waals surface area contributed by atoms with Crippen molar-refractivity contribution in [3.8, 4) is 0 Å². The van der Waals surface area contributed by atoms with Crippen molar-refractivity contribution in [1.29, 1.82) is 0 Å². The highest BCUT2D eigenvalue weighted by Gasteiger charge is 2.51. The summed E-state index contributed by atoms with van der Waals surface area (Å²) in [6.45, 7) is 3.53. The topological polar surface area (TPSA) is 59.3 Å². The second-order valence-corrected chi connectivity index (χ2v) is 6.52. The molecule has 1 fully saturated rings. The maximum absolute atomic E-state index is 13.0. The molecule has 1 aromatic rings. The number of halogens is 3. The van der Waals surface area contributed by atoms with Crippen molar-refractivity contribution in [3.05, 3.63) is 16.3 Å². The standard InChI is InChI=1S/C11H14F3N3O2S/c1-10(2)6-16(4-3-7(10)11(12,13)14)9-15-5-8(20-9)17(18)19/h5,7H,3-4,6H2,1-2H3/t7-/m0/s1. The molecule has 1 saturated heterocycles. The molecule has 2 heterocycles. The predicted molar refractivity (Wildman–Crippen MR) is 68.9 cm³/mol. The van der Waals surface area contributed by atoms with Gasteiger partial charge in [-0.05, 0) is 23.2 Å². The van der Waals surface area contributed by atoms with Crippen molar-refractivity contribution in [2.75, 3.05) is 18.0 Å². The summed E-state index contributed by atoms with van der Waals surface area (Å²) in [6.07, 6.45) is -3.10. The Kier molecular flexibility index (Phi) is 3.66. The Morgan fingerprint density at radius 2 is 2.20 bits per heavy atom. The molecule has 9 heteroatoms. The molecular weight excluding hydrogens is 295 g/mol. The zero-order chi connectivity index (χ0) is 15.1. The molecule has 1 aliphatic heterocycles. The van der Waals surface area contributed by atoms with Gasteiger partial charge in [0.15, 0.2) is 5.13 Å². The Morgan fingerprint density at radius 1 is 1.55 bits per heavy atom. The minimum atomic E-state index is -4.22. The van der Waals surface area contributed by atoms with E-state index in [0.717, 1.165) is 17.5 Å². The van der Waals surface area contributed by atoms with E-state index in [0.29, 0.717) is 5.13 Å². The first kappa shape index (κ1) is 15.0. The molecule has 0 N–H and O–H groups in total. The van der Waals surface area contributed by atoms with Gasteiger partial charge in [0.05, 0.1) is 10.8 Å². The van der Waals surface area contributed by atoms with Gasteiger partial charge in [-0.3, -0.25) is 10.1 Å². The van der Waals surface area contributed by atoms with Gasteiger partial charge in [-0.25, -0.2) is 4.98 Å². The maximum Gasteiger partial charge on any atom is 0.392 e. The molecule has 2 rings (SSSR count). The lowest BCUT2D eigenvalue weighted by Gasteiger charge is -2.44. The lowest BCUT2D eigenvalue weighted by molar-refractivity contribution is -0.380. The normalized spacial score (nSPS) is 22.9. The number of hydrogen-bond donors (Lipinski definition) is 0. The third-order valence-electron chi connectivity index (χ3n) is 3.56. The molecule has 0 aromatic carbocycles. The van der Waals surface area contributed by atoms with Crippen LogP contribution in [0, 0.1) is 21.4 Å². The van der Waals surface area contributed by atoms with E-state index < -0.39 is 22.4 Å². The van der Waals surface area contributed by atoms with Gasteiger partial charge in [-0.15, -0.1) is 0 Å². The van der Waals surface area contributed by atoms with E-state index in [9.17, 15) is 23.3 Å². The largest absolute Gasteiger partial charge is 0.392 e. The number of nitrogens with zero attached hydrogens (tertiary/aromatic N) is 3. The fourth-order valence-corrected chi connectivity index (χ4v) is 3.37. The lowest BCUT2D eigenvalue weighted by Crippen LogP contribution is -2.50. The highest BCUT2D eigenvalue weighted by Crippen LogP contribution is 2.46. The summed E-state index contributed by atoms with van der Waals surface area (Å²) in [5, 5.41) is 10.9. The molecule has 0 spiro atoms. The van der Waals surface area contributed by atoms with E-state index in [4.69, 9.17) is 0 Å². The van der Waals surface area contributed by atoms with E-state index in [-0.39, 0.29) is 24.5 Å². The van der Waals surface area contributed by atoms with Crippen LogP contribution in [0.15, 0.2) is 6.20 Å². The summed E-state index contributed by atoms with van der Waals surface area (Å²) in [5.74, 6) is -1.36. The molecule has 0 bridgehead atoms. The first-order valence-electron chi connectivity index (χ1n) is 6.03. The SMILES string of the molecule is CC1(C)CN(c2ncc([N+](=O)[O-])s2)CC[C@@H]1C(F)(F)F. The predicted octanol–water partition coefficient (Wildman–Crippen LogP) is 3.47. The second-order valence-electron chi connectivity index (χ2n) is 5.53. The summed E-state index contributed by atoms with van der Waals surface area (Å²) in [7, 11) is 0. The Hall–Kier alpha value is -1.38. The van der Waals surface area contributed by atoms with Crippen LogP contribution in [0.2, 0.25) is 0 Å². The van der Waals surface area contributed by atoms with Crippen LogP contribution in [0.25, 0.3) is 0 Å². The van der Waals surface area contributed by atoms with Gasteiger partial charge in [-0.1, -0.05) is 13.8 Å². The van der Waals surface area contributed by atoms with Crippen molar-refractivity contribution >= 4 is 21.5 Å². The van der Waals surface area contributed by atoms with Crippen LogP contribution >= 0.6 is 11.3 Å². The average Bonchev–Trinajstić information content (AvgIpc) is 2.74. The van der Waals surface area contributed by atoms with Gasteiger partial charge in [0.1, 0.15) is 6.20 Å². The van der Waals surface area contributed by atoms with Crippen molar-refractivity contribution in [2.24, 2.45) is 11.3 Å². The number of rotatable bonds is 2. The molecule has 5 nitrogen and oxygen atoms in total. The molecule has 1 atom stereocenters. The van der Waals surface area contributed by atoms with Gasteiger partial charge >= 0.3 is 11.2 Å². The number of aromatic nitrogens is 1. The fourth-order valence-electron chi connectivity index (χ4n) is 2.61. The molecule has 1 aromatic heterocycles. The minimum absolute atomic E-state index is 0.0239. The number of piperidine rings is 1. The number of nitro groups is 1. The Labute approximate surface area is 117 Å². The summed E-state index contributed by atoms with van der Waals surface area (Å²) >= 11 is 0.891. The van der Waals surface area contributed by atoms with Crippen LogP contribution in [0.3, 0.4) is 0 Å². The van der Waals surface area contributed by atoms with Crippen LogP contribution < -0.4 is 4.90 Å². The number of thiazole rings is 1. The molecule has 20 heavy (non-hydrogen) atoms. The quantitative estimate of drug-likeness (QED) is 0.620. The number of anilines is 1. The van der Waals surface area contributed by atoms with Crippen molar-refractivity contribution in [1.82, 2.24) is 4.98 Å². The highest BCUT2D eigenvalue weighted by atomic mass is 32.1. The molecule has 0 aliphatic carbocycles. The van der Waals surface area contributed by atoms with Crippen molar-refractivity contribution in [3.63, 3.8) is 0 Å². The van der Waals surface area contributed by atoms with E-state index in [1.807, 2.05) is 0 Å². The van der Waals surface area contributed by atoms with Crippen LogP contribution in [0.5, 0.6) is 0 Å². The third kappa shape index (κ3) is 2.87. The van der Waals surface area contributed by atoms with Crippen LogP contribution in [-0.2, 0) is 0 Å². The monoisotopic (exact) mass is 309 g/mol. The number of alkyl halides is 3.